The number of fused-ring (bicyclic) bond motifs is 1. The number of hydrogen-bond acceptors (Lipinski definition) is 1. The van der Waals surface area contributed by atoms with Gasteiger partial charge in [0.05, 0.1) is 0 Å². The first-order valence-corrected chi connectivity index (χ1v) is 6.47. The van der Waals surface area contributed by atoms with E-state index in [-0.39, 0.29) is 0 Å². The van der Waals surface area contributed by atoms with Gasteiger partial charge in [0.2, 0.25) is 0 Å². The lowest BCUT2D eigenvalue weighted by atomic mass is 9.79. The molecule has 0 spiro atoms. The molecule has 14 heavy (non-hydrogen) atoms. The Morgan fingerprint density at radius 1 is 1.21 bits per heavy atom. The molecule has 0 aromatic carbocycles. The quantitative estimate of drug-likeness (QED) is 0.651. The Kier molecular flexibility index (Phi) is 3.94. The van der Waals surface area contributed by atoms with Gasteiger partial charge in [-0.1, -0.05) is 33.8 Å². The Morgan fingerprint density at radius 2 is 1.86 bits per heavy atom. The summed E-state index contributed by atoms with van der Waals surface area (Å²) in [5, 5.41) is 2.20. The number of thiophene rings is 1. The third kappa shape index (κ3) is 1.66. The molecule has 0 fully saturated rings. The van der Waals surface area contributed by atoms with Crippen molar-refractivity contribution in [3.63, 3.8) is 0 Å². The standard InChI is InChI=1S/C11H14S.C2H6/c1-3-11(4-2)7-5-10-9(11)6-8-12-10;1-2/h5-8H,3-4H2,1-2H3;1-2H3. The third-order valence-corrected chi connectivity index (χ3v) is 3.93. The molecule has 0 N–H and O–H groups in total. The predicted octanol–water partition coefficient (Wildman–Crippen LogP) is 4.86. The molecule has 0 atom stereocenters. The zero-order valence-electron chi connectivity index (χ0n) is 9.63. The molecule has 0 nitrogen and oxygen atoms in total. The molecule has 1 heterocycles. The van der Waals surface area contributed by atoms with Gasteiger partial charge in [0.1, 0.15) is 0 Å². The monoisotopic (exact) mass is 208 g/mol. The average Bonchev–Trinajstić information content (AvgIpc) is 2.82. The van der Waals surface area contributed by atoms with Crippen LogP contribution < -0.4 is 0 Å². The summed E-state index contributed by atoms with van der Waals surface area (Å²) in [5.74, 6) is 0. The lowest BCUT2D eigenvalue weighted by Crippen LogP contribution is -2.18. The van der Waals surface area contributed by atoms with Gasteiger partial charge in [-0.2, -0.15) is 0 Å². The van der Waals surface area contributed by atoms with E-state index in [1.165, 1.54) is 17.7 Å². The van der Waals surface area contributed by atoms with Gasteiger partial charge in [0.25, 0.3) is 0 Å². The highest BCUT2D eigenvalue weighted by atomic mass is 32.1. The average molecular weight is 208 g/mol. The van der Waals surface area contributed by atoms with Gasteiger partial charge in [0, 0.05) is 10.3 Å². The summed E-state index contributed by atoms with van der Waals surface area (Å²) in [6.45, 7) is 8.56. The van der Waals surface area contributed by atoms with Crippen LogP contribution in [0.3, 0.4) is 0 Å². The summed E-state index contributed by atoms with van der Waals surface area (Å²) >= 11 is 1.86. The highest BCUT2D eigenvalue weighted by Gasteiger charge is 2.31. The lowest BCUT2D eigenvalue weighted by Gasteiger charge is -2.24. The van der Waals surface area contributed by atoms with Crippen LogP contribution in [0.25, 0.3) is 6.08 Å². The normalized spacial score (nSPS) is 16.0. The molecule has 0 unspecified atom stereocenters. The number of allylic oxidation sites excluding steroid dienone is 1. The van der Waals surface area contributed by atoms with E-state index >= 15 is 0 Å². The first-order chi connectivity index (χ1) is 6.82. The maximum absolute atomic E-state index is 2.38. The zero-order valence-corrected chi connectivity index (χ0v) is 10.4. The van der Waals surface area contributed by atoms with Crippen molar-refractivity contribution in [2.75, 3.05) is 0 Å². The molecule has 0 saturated heterocycles. The molecule has 0 saturated carbocycles. The van der Waals surface area contributed by atoms with Gasteiger partial charge >= 0.3 is 0 Å². The first kappa shape index (κ1) is 11.5. The van der Waals surface area contributed by atoms with Crippen molar-refractivity contribution in [2.24, 2.45) is 0 Å². The Morgan fingerprint density at radius 3 is 2.43 bits per heavy atom. The fraction of sp³-hybridized carbons (Fsp3) is 0.538. The Hall–Kier alpha value is -0.560. The van der Waals surface area contributed by atoms with Gasteiger partial charge in [-0.05, 0) is 35.9 Å². The summed E-state index contributed by atoms with van der Waals surface area (Å²) in [7, 11) is 0. The minimum atomic E-state index is 0.370. The summed E-state index contributed by atoms with van der Waals surface area (Å²) in [6.07, 6.45) is 7.12. The molecular weight excluding hydrogens is 188 g/mol. The van der Waals surface area contributed by atoms with Crippen LogP contribution in [0.2, 0.25) is 0 Å². The van der Waals surface area contributed by atoms with Crippen molar-refractivity contribution in [1.29, 1.82) is 0 Å². The fourth-order valence-electron chi connectivity index (χ4n) is 2.05. The van der Waals surface area contributed by atoms with Gasteiger partial charge < -0.3 is 0 Å². The minimum Gasteiger partial charge on any atom is -0.144 e. The molecule has 2 rings (SSSR count). The molecule has 1 aliphatic carbocycles. The third-order valence-electron chi connectivity index (χ3n) is 3.05. The summed E-state index contributed by atoms with van der Waals surface area (Å²) in [5.41, 5.74) is 1.92. The van der Waals surface area contributed by atoms with E-state index in [2.05, 4.69) is 37.4 Å². The molecule has 1 heteroatoms. The summed E-state index contributed by atoms with van der Waals surface area (Å²) in [6, 6.07) is 2.28. The van der Waals surface area contributed by atoms with Crippen molar-refractivity contribution in [3.05, 3.63) is 28.0 Å². The summed E-state index contributed by atoms with van der Waals surface area (Å²) in [4.78, 5) is 1.47. The summed E-state index contributed by atoms with van der Waals surface area (Å²) < 4.78 is 0. The van der Waals surface area contributed by atoms with Crippen molar-refractivity contribution in [3.8, 4) is 0 Å². The van der Waals surface area contributed by atoms with Crippen molar-refractivity contribution in [1.82, 2.24) is 0 Å². The van der Waals surface area contributed by atoms with Gasteiger partial charge in [-0.25, -0.2) is 0 Å². The second-order valence-corrected chi connectivity index (χ2v) is 4.34. The van der Waals surface area contributed by atoms with E-state index in [0.29, 0.717) is 5.41 Å². The lowest BCUT2D eigenvalue weighted by molar-refractivity contribution is 0.507. The van der Waals surface area contributed by atoms with Crippen LogP contribution >= 0.6 is 11.3 Å². The molecule has 0 aliphatic heterocycles. The molecule has 78 valence electrons. The van der Waals surface area contributed by atoms with E-state index < -0.39 is 0 Å². The first-order valence-electron chi connectivity index (χ1n) is 5.59. The maximum atomic E-state index is 2.38. The predicted molar refractivity (Wildman–Crippen MR) is 67.0 cm³/mol. The van der Waals surface area contributed by atoms with Crippen LogP contribution in [0, 0.1) is 0 Å². The van der Waals surface area contributed by atoms with E-state index in [9.17, 15) is 0 Å². The molecule has 1 aromatic heterocycles. The van der Waals surface area contributed by atoms with Crippen LogP contribution in [-0.2, 0) is 5.41 Å². The molecule has 0 bridgehead atoms. The van der Waals surface area contributed by atoms with Gasteiger partial charge in [-0.3, -0.25) is 0 Å². The van der Waals surface area contributed by atoms with Crippen molar-refractivity contribution in [2.45, 2.75) is 46.0 Å². The topological polar surface area (TPSA) is 0 Å². The van der Waals surface area contributed by atoms with Crippen molar-refractivity contribution >= 4 is 17.4 Å². The largest absolute Gasteiger partial charge is 0.144 e. The SMILES string of the molecule is CC.CCC1(CC)C=Cc2sccc21. The second kappa shape index (κ2) is 4.79. The van der Waals surface area contributed by atoms with Crippen LogP contribution in [0.1, 0.15) is 51.0 Å². The number of hydrogen-bond donors (Lipinski definition) is 0. The van der Waals surface area contributed by atoms with Crippen LogP contribution in [0.5, 0.6) is 0 Å². The van der Waals surface area contributed by atoms with Crippen LogP contribution in [-0.4, -0.2) is 0 Å². The Labute approximate surface area is 91.7 Å². The molecule has 0 radical (unpaired) electrons. The molecule has 1 aliphatic rings. The van der Waals surface area contributed by atoms with Gasteiger partial charge in [-0.15, -0.1) is 11.3 Å². The van der Waals surface area contributed by atoms with Gasteiger partial charge in [0.15, 0.2) is 0 Å². The minimum absolute atomic E-state index is 0.370. The Bertz CT molecular complexity index is 303. The van der Waals surface area contributed by atoms with E-state index in [0.717, 1.165) is 0 Å². The van der Waals surface area contributed by atoms with Crippen LogP contribution in [0.4, 0.5) is 0 Å². The zero-order chi connectivity index (χ0) is 10.6. The highest BCUT2D eigenvalue weighted by molar-refractivity contribution is 7.11. The molecular formula is C13H20S. The molecule has 1 aromatic rings. The van der Waals surface area contributed by atoms with E-state index in [1.54, 1.807) is 5.56 Å². The number of rotatable bonds is 2. The molecule has 0 amide bonds. The smallest absolute Gasteiger partial charge is 0.0308 e. The fourth-order valence-corrected chi connectivity index (χ4v) is 2.95. The van der Waals surface area contributed by atoms with Crippen LogP contribution in [0.15, 0.2) is 17.5 Å². The highest BCUT2D eigenvalue weighted by Crippen LogP contribution is 2.43. The second-order valence-electron chi connectivity index (χ2n) is 3.40. The van der Waals surface area contributed by atoms with Crippen molar-refractivity contribution < 1.29 is 0 Å². The Balaban J connectivity index is 0.000000461. The van der Waals surface area contributed by atoms with E-state index in [4.69, 9.17) is 0 Å². The maximum Gasteiger partial charge on any atom is 0.0308 e. The van der Waals surface area contributed by atoms with E-state index in [1.807, 2.05) is 25.2 Å².